The van der Waals surface area contributed by atoms with E-state index in [1.54, 1.807) is 11.8 Å². The monoisotopic (exact) mass is 686 g/mol. The van der Waals surface area contributed by atoms with Crippen molar-refractivity contribution in [2.45, 2.75) is 9.79 Å². The fourth-order valence-electron chi connectivity index (χ4n) is 6.22. The van der Waals surface area contributed by atoms with Crippen LogP contribution in [0.25, 0.3) is 78.7 Å². The van der Waals surface area contributed by atoms with Gasteiger partial charge >= 0.3 is 0 Å². The third kappa shape index (κ3) is 5.85. The number of hydrogen-bond acceptors (Lipinski definition) is 8. The highest BCUT2D eigenvalue weighted by atomic mass is 32.2. The van der Waals surface area contributed by atoms with Crippen LogP contribution in [0.2, 0.25) is 0 Å². The summed E-state index contributed by atoms with van der Waals surface area (Å²) in [5.74, 6) is 2.27. The molecule has 52 heavy (non-hydrogen) atoms. The first-order valence-corrected chi connectivity index (χ1v) is 17.5. The van der Waals surface area contributed by atoms with Gasteiger partial charge in [0.1, 0.15) is 11.2 Å². The summed E-state index contributed by atoms with van der Waals surface area (Å²) in [7, 11) is 0. The smallest absolute Gasteiger partial charge is 0.164 e. The molecule has 8 heteroatoms. The van der Waals surface area contributed by atoms with Gasteiger partial charge < -0.3 is 4.42 Å². The van der Waals surface area contributed by atoms with Crippen LogP contribution >= 0.6 is 11.8 Å². The van der Waals surface area contributed by atoms with Gasteiger partial charge in [0.15, 0.2) is 23.3 Å². The fourth-order valence-corrected chi connectivity index (χ4v) is 7.13. The Balaban J connectivity index is 1.18. The van der Waals surface area contributed by atoms with E-state index in [9.17, 15) is 5.26 Å². The van der Waals surface area contributed by atoms with E-state index in [2.05, 4.69) is 12.1 Å². The van der Waals surface area contributed by atoms with Crippen LogP contribution in [-0.2, 0) is 0 Å². The molecule has 3 aromatic heterocycles. The number of rotatable bonds is 7. The molecule has 0 bridgehead atoms. The maximum atomic E-state index is 9.99. The van der Waals surface area contributed by atoms with Crippen LogP contribution in [0.4, 0.5) is 0 Å². The first-order valence-electron chi connectivity index (χ1n) is 16.6. The molecule has 3 heterocycles. The van der Waals surface area contributed by atoms with Gasteiger partial charge in [0.05, 0.1) is 27.8 Å². The fraction of sp³-hybridized carbons (Fsp3) is 0. The molecule has 9 rings (SSSR count). The van der Waals surface area contributed by atoms with Gasteiger partial charge in [-0.1, -0.05) is 121 Å². The molecule has 0 amide bonds. The van der Waals surface area contributed by atoms with Crippen molar-refractivity contribution in [3.63, 3.8) is 0 Å². The van der Waals surface area contributed by atoms with Crippen molar-refractivity contribution in [1.29, 1.82) is 5.26 Å². The molecule has 0 aliphatic rings. The largest absolute Gasteiger partial charge is 0.455 e. The van der Waals surface area contributed by atoms with E-state index in [1.165, 1.54) is 0 Å². The highest BCUT2D eigenvalue weighted by Crippen LogP contribution is 2.40. The summed E-state index contributed by atoms with van der Waals surface area (Å²) in [6.07, 6.45) is 1.83. The molecule has 244 valence electrons. The van der Waals surface area contributed by atoms with Gasteiger partial charge in [0.2, 0.25) is 0 Å². The second-order valence-corrected chi connectivity index (χ2v) is 13.1. The van der Waals surface area contributed by atoms with E-state index in [1.807, 2.05) is 152 Å². The minimum Gasteiger partial charge on any atom is -0.455 e. The molecule has 0 radical (unpaired) electrons. The van der Waals surface area contributed by atoms with Gasteiger partial charge in [-0.05, 0) is 42.5 Å². The summed E-state index contributed by atoms with van der Waals surface area (Å²) in [4.78, 5) is 26.6. The van der Waals surface area contributed by atoms with E-state index < -0.39 is 0 Å². The molecule has 6 aromatic carbocycles. The van der Waals surface area contributed by atoms with E-state index in [-0.39, 0.29) is 0 Å². The van der Waals surface area contributed by atoms with Gasteiger partial charge in [-0.2, -0.15) is 5.26 Å². The van der Waals surface area contributed by atoms with Crippen molar-refractivity contribution in [2.24, 2.45) is 0 Å². The van der Waals surface area contributed by atoms with Crippen molar-refractivity contribution >= 4 is 33.7 Å². The highest BCUT2D eigenvalue weighted by Gasteiger charge is 2.20. The molecule has 0 saturated heterocycles. The minimum atomic E-state index is 0.502. The summed E-state index contributed by atoms with van der Waals surface area (Å²) in [5.41, 5.74) is 6.77. The second-order valence-electron chi connectivity index (χ2n) is 12.0. The predicted molar refractivity (Wildman–Crippen MR) is 205 cm³/mol. The standard InChI is InChI=1S/C44H26N6OS/c45-26-31-17-10-11-20-33(31)39-38(52-32-18-8-3-9-19-32)27-46-44(47-39)35-22-12-21-34-36-25-30(23-24-37(36)51-40(34)35)43-49-41(28-13-4-1-5-14-28)48-42(50-43)29-15-6-2-7-16-29/h1-25,27H. The number of nitriles is 1. The van der Waals surface area contributed by atoms with E-state index >= 15 is 0 Å². The maximum Gasteiger partial charge on any atom is 0.164 e. The molecule has 0 unspecified atom stereocenters. The molecule has 0 spiro atoms. The van der Waals surface area contributed by atoms with Crippen LogP contribution in [0.3, 0.4) is 0 Å². The topological polar surface area (TPSA) is 101 Å². The lowest BCUT2D eigenvalue weighted by atomic mass is 10.0. The zero-order valence-corrected chi connectivity index (χ0v) is 28.3. The number of fused-ring (bicyclic) bond motifs is 3. The van der Waals surface area contributed by atoms with Crippen molar-refractivity contribution in [1.82, 2.24) is 24.9 Å². The molecule has 0 atom stereocenters. The summed E-state index contributed by atoms with van der Waals surface area (Å²) in [6, 6.07) is 51.8. The van der Waals surface area contributed by atoms with Crippen molar-refractivity contribution in [3.8, 4) is 62.9 Å². The number of hydrogen-bond donors (Lipinski definition) is 0. The average molecular weight is 687 g/mol. The lowest BCUT2D eigenvalue weighted by molar-refractivity contribution is 0.669. The molecule has 0 aliphatic carbocycles. The Morgan fingerprint density at radius 2 is 1.13 bits per heavy atom. The van der Waals surface area contributed by atoms with Gasteiger partial charge in [-0.15, -0.1) is 0 Å². The molecular weight excluding hydrogens is 661 g/mol. The van der Waals surface area contributed by atoms with E-state index in [0.29, 0.717) is 40.1 Å². The Labute approximate surface area is 303 Å². The van der Waals surface area contributed by atoms with Gasteiger partial charge in [0, 0.05) is 44.1 Å². The Hall–Kier alpha value is -6.95. The summed E-state index contributed by atoms with van der Waals surface area (Å²) in [6.45, 7) is 0. The molecule has 0 aliphatic heterocycles. The predicted octanol–water partition coefficient (Wildman–Crippen LogP) is 10.9. The van der Waals surface area contributed by atoms with Crippen LogP contribution in [-0.4, -0.2) is 24.9 Å². The Morgan fingerprint density at radius 3 is 1.83 bits per heavy atom. The lowest BCUT2D eigenvalue weighted by Crippen LogP contribution is -2.00. The summed E-state index contributed by atoms with van der Waals surface area (Å²) in [5, 5.41) is 11.8. The normalized spacial score (nSPS) is 11.1. The maximum absolute atomic E-state index is 9.99. The number of para-hydroxylation sites is 1. The summed E-state index contributed by atoms with van der Waals surface area (Å²) < 4.78 is 6.54. The average Bonchev–Trinajstić information content (AvgIpc) is 3.60. The summed E-state index contributed by atoms with van der Waals surface area (Å²) >= 11 is 1.56. The third-order valence-electron chi connectivity index (χ3n) is 8.72. The van der Waals surface area contributed by atoms with Crippen LogP contribution in [0.5, 0.6) is 0 Å². The van der Waals surface area contributed by atoms with Crippen LogP contribution in [0.1, 0.15) is 5.56 Å². The van der Waals surface area contributed by atoms with Gasteiger partial charge in [0.25, 0.3) is 0 Å². The first-order chi connectivity index (χ1) is 25.7. The highest BCUT2D eigenvalue weighted by molar-refractivity contribution is 7.99. The molecule has 0 saturated carbocycles. The molecule has 9 aromatic rings. The van der Waals surface area contributed by atoms with Crippen molar-refractivity contribution in [2.75, 3.05) is 0 Å². The van der Waals surface area contributed by atoms with Crippen molar-refractivity contribution < 1.29 is 4.42 Å². The number of benzene rings is 6. The molecular formula is C44H26N6OS. The molecule has 7 nitrogen and oxygen atoms in total. The lowest BCUT2D eigenvalue weighted by Gasteiger charge is -2.12. The van der Waals surface area contributed by atoms with Crippen LogP contribution < -0.4 is 0 Å². The van der Waals surface area contributed by atoms with Crippen LogP contribution in [0.15, 0.2) is 172 Å². The molecule has 0 N–H and O–H groups in total. The quantitative estimate of drug-likeness (QED) is 0.163. The number of furan rings is 1. The van der Waals surface area contributed by atoms with Gasteiger partial charge in [-0.3, -0.25) is 0 Å². The minimum absolute atomic E-state index is 0.502. The first kappa shape index (κ1) is 31.1. The van der Waals surface area contributed by atoms with Crippen LogP contribution in [0, 0.1) is 11.3 Å². The number of aromatic nitrogens is 5. The van der Waals surface area contributed by atoms with Gasteiger partial charge in [-0.25, -0.2) is 24.9 Å². The molecule has 0 fully saturated rings. The van der Waals surface area contributed by atoms with Crippen molar-refractivity contribution in [3.05, 3.63) is 163 Å². The third-order valence-corrected chi connectivity index (χ3v) is 9.75. The van der Waals surface area contributed by atoms with E-state index in [0.717, 1.165) is 54.0 Å². The zero-order chi connectivity index (χ0) is 34.9. The Morgan fingerprint density at radius 1 is 0.519 bits per heavy atom. The SMILES string of the molecule is N#Cc1ccccc1-c1nc(-c2cccc3c2oc2ccc(-c4nc(-c5ccccc5)nc(-c5ccccc5)n4)cc23)ncc1Sc1ccccc1. The zero-order valence-electron chi connectivity index (χ0n) is 27.5. The Kier molecular flexibility index (Phi) is 8.00. The number of nitrogens with zero attached hydrogens (tertiary/aromatic N) is 6. The Bertz CT molecular complexity index is 2720. The second kappa shape index (κ2) is 13.4. The van der Waals surface area contributed by atoms with E-state index in [4.69, 9.17) is 29.3 Å².